The normalized spacial score (nSPS) is 14.2. The molecule has 0 N–H and O–H groups in total. The van der Waals surface area contributed by atoms with Crippen LogP contribution in [0.4, 0.5) is 54.0 Å². The summed E-state index contributed by atoms with van der Waals surface area (Å²) in [6, 6.07) is 1.83. The first-order valence-electron chi connectivity index (χ1n) is 6.06. The fourth-order valence-electron chi connectivity index (χ4n) is 1.32. The average Bonchev–Trinajstić information content (AvgIpc) is 2.44. The molecule has 0 saturated carbocycles. The summed E-state index contributed by atoms with van der Waals surface area (Å²) < 4.78 is 144. The SMILES string of the molecule is O=[N+]([O-])c1cccc(OC(F)(F)C(F)(F)OC(F)(F)C(F)(F)C(F)(F)F)c1. The lowest BCUT2D eigenvalue weighted by Crippen LogP contribution is -2.59. The Morgan fingerprint density at radius 3 is 1.78 bits per heavy atom. The number of rotatable bonds is 7. The summed E-state index contributed by atoms with van der Waals surface area (Å²) >= 11 is 0. The molecular weight excluding hydrogens is 419 g/mol. The van der Waals surface area contributed by atoms with Gasteiger partial charge in [0.2, 0.25) is 0 Å². The van der Waals surface area contributed by atoms with Crippen molar-refractivity contribution >= 4 is 5.69 Å². The highest BCUT2D eigenvalue weighted by atomic mass is 19.4. The molecule has 0 heterocycles. The van der Waals surface area contributed by atoms with Crippen LogP contribution < -0.4 is 4.74 Å². The number of ether oxygens (including phenoxy) is 2. The minimum Gasteiger partial charge on any atom is -0.426 e. The summed E-state index contributed by atoms with van der Waals surface area (Å²) in [5.74, 6) is -8.69. The number of nitrogens with zero attached hydrogens (tertiary/aromatic N) is 1. The Hall–Kier alpha value is -2.39. The van der Waals surface area contributed by atoms with Gasteiger partial charge in [0.25, 0.3) is 5.69 Å². The number of halogens is 11. The molecule has 0 aliphatic carbocycles. The van der Waals surface area contributed by atoms with Crippen LogP contribution in [0, 0.1) is 10.1 Å². The van der Waals surface area contributed by atoms with Crippen LogP contribution in [0.25, 0.3) is 0 Å². The summed E-state index contributed by atoms with van der Waals surface area (Å²) in [6.07, 6.45) is -27.2. The summed E-state index contributed by atoms with van der Waals surface area (Å²) in [5.41, 5.74) is -0.985. The minimum absolute atomic E-state index is 0.118. The van der Waals surface area contributed by atoms with Crippen LogP contribution >= 0.6 is 0 Å². The maximum atomic E-state index is 13.3. The van der Waals surface area contributed by atoms with E-state index in [4.69, 9.17) is 0 Å². The molecule has 154 valence electrons. The Morgan fingerprint density at radius 1 is 0.815 bits per heavy atom. The van der Waals surface area contributed by atoms with Gasteiger partial charge in [0.15, 0.2) is 0 Å². The fourth-order valence-corrected chi connectivity index (χ4v) is 1.32. The minimum atomic E-state index is -7.26. The molecule has 0 aliphatic rings. The fraction of sp³-hybridized carbons (Fsp3) is 0.455. The van der Waals surface area contributed by atoms with Gasteiger partial charge < -0.3 is 4.74 Å². The third-order valence-electron chi connectivity index (χ3n) is 2.59. The Bertz CT molecular complexity index is 704. The van der Waals surface area contributed by atoms with Crippen molar-refractivity contribution in [2.75, 3.05) is 0 Å². The topological polar surface area (TPSA) is 61.6 Å². The van der Waals surface area contributed by atoms with E-state index >= 15 is 0 Å². The van der Waals surface area contributed by atoms with Crippen LogP contribution in [-0.4, -0.2) is 35.3 Å². The van der Waals surface area contributed by atoms with Crippen LogP contribution in [0.3, 0.4) is 0 Å². The lowest BCUT2D eigenvalue weighted by atomic mass is 10.3. The van der Waals surface area contributed by atoms with E-state index in [1.807, 2.05) is 0 Å². The van der Waals surface area contributed by atoms with Crippen molar-refractivity contribution < 1.29 is 62.7 Å². The highest BCUT2D eigenvalue weighted by Gasteiger charge is 2.79. The largest absolute Gasteiger partial charge is 0.494 e. The average molecular weight is 423 g/mol. The van der Waals surface area contributed by atoms with E-state index in [0.29, 0.717) is 18.2 Å². The first-order valence-corrected chi connectivity index (χ1v) is 6.06. The third kappa shape index (κ3) is 4.48. The molecule has 0 unspecified atom stereocenters. The molecule has 0 atom stereocenters. The molecule has 0 bridgehead atoms. The monoisotopic (exact) mass is 423 g/mol. The summed E-state index contributed by atoms with van der Waals surface area (Å²) in [7, 11) is 0. The predicted octanol–water partition coefficient (Wildman–Crippen LogP) is 4.97. The van der Waals surface area contributed by atoms with Gasteiger partial charge >= 0.3 is 30.4 Å². The van der Waals surface area contributed by atoms with E-state index in [-0.39, 0.29) is 6.07 Å². The van der Waals surface area contributed by atoms with Gasteiger partial charge in [0.05, 0.1) is 11.0 Å². The van der Waals surface area contributed by atoms with E-state index in [0.717, 1.165) is 0 Å². The Labute approximate surface area is 140 Å². The molecule has 0 radical (unpaired) electrons. The third-order valence-corrected chi connectivity index (χ3v) is 2.59. The van der Waals surface area contributed by atoms with E-state index in [1.165, 1.54) is 0 Å². The van der Waals surface area contributed by atoms with Gasteiger partial charge in [-0.15, -0.1) is 0 Å². The van der Waals surface area contributed by atoms with Gasteiger partial charge in [0, 0.05) is 6.07 Å². The van der Waals surface area contributed by atoms with E-state index < -0.39 is 46.8 Å². The maximum Gasteiger partial charge on any atom is 0.494 e. The van der Waals surface area contributed by atoms with E-state index in [2.05, 4.69) is 4.74 Å². The van der Waals surface area contributed by atoms with Gasteiger partial charge in [-0.2, -0.15) is 48.3 Å². The van der Waals surface area contributed by atoms with Crippen molar-refractivity contribution in [2.24, 2.45) is 0 Å². The summed E-state index contributed by atoms with van der Waals surface area (Å²) in [6.45, 7) is 0. The predicted molar refractivity (Wildman–Crippen MR) is 60.7 cm³/mol. The van der Waals surface area contributed by atoms with Gasteiger partial charge in [-0.3, -0.25) is 10.1 Å². The maximum absolute atomic E-state index is 13.3. The zero-order valence-electron chi connectivity index (χ0n) is 12.0. The van der Waals surface area contributed by atoms with Crippen LogP contribution in [0.5, 0.6) is 5.75 Å². The zero-order chi connectivity index (χ0) is 21.5. The van der Waals surface area contributed by atoms with Gasteiger partial charge in [-0.05, 0) is 6.07 Å². The number of benzene rings is 1. The van der Waals surface area contributed by atoms with Crippen LogP contribution in [0.2, 0.25) is 0 Å². The van der Waals surface area contributed by atoms with Gasteiger partial charge in [0.1, 0.15) is 5.75 Å². The molecule has 5 nitrogen and oxygen atoms in total. The Balaban J connectivity index is 3.14. The Morgan fingerprint density at radius 2 is 1.33 bits per heavy atom. The zero-order valence-corrected chi connectivity index (χ0v) is 12.0. The summed E-state index contributed by atoms with van der Waals surface area (Å²) in [5, 5.41) is 10.4. The molecule has 1 aromatic carbocycles. The molecule has 0 saturated heterocycles. The van der Waals surface area contributed by atoms with Crippen molar-refractivity contribution in [2.45, 2.75) is 30.4 Å². The molecule has 16 heteroatoms. The van der Waals surface area contributed by atoms with Crippen molar-refractivity contribution in [3.05, 3.63) is 34.4 Å². The number of nitro groups is 1. The quantitative estimate of drug-likeness (QED) is 0.353. The number of nitro benzene ring substituents is 1. The second-order valence-corrected chi connectivity index (χ2v) is 4.58. The molecule has 0 spiro atoms. The number of non-ortho nitro benzene ring substituents is 1. The smallest absolute Gasteiger partial charge is 0.426 e. The van der Waals surface area contributed by atoms with Crippen LogP contribution in [0.1, 0.15) is 0 Å². The van der Waals surface area contributed by atoms with Crippen molar-refractivity contribution in [1.82, 2.24) is 0 Å². The van der Waals surface area contributed by atoms with Crippen LogP contribution in [0.15, 0.2) is 24.3 Å². The number of hydrogen-bond acceptors (Lipinski definition) is 4. The molecule has 1 rings (SSSR count). The lowest BCUT2D eigenvalue weighted by Gasteiger charge is -2.32. The van der Waals surface area contributed by atoms with Crippen LogP contribution in [-0.2, 0) is 4.74 Å². The van der Waals surface area contributed by atoms with Gasteiger partial charge in [-0.25, -0.2) is 4.74 Å². The summed E-state index contributed by atoms with van der Waals surface area (Å²) in [4.78, 5) is 9.21. The second-order valence-electron chi connectivity index (χ2n) is 4.58. The number of alkyl halides is 11. The standard InChI is InChI=1S/C11H4F11NO4/c12-7(13,8(14,15)16)9(17,18)27-11(21,22)10(19,20)26-6-3-1-2-5(4-6)23(24)25/h1-4H. The first kappa shape index (κ1) is 22.7. The van der Waals surface area contributed by atoms with Crippen molar-refractivity contribution in [3.63, 3.8) is 0 Å². The Kier molecular flexibility index (Phi) is 5.58. The van der Waals surface area contributed by atoms with E-state index in [1.54, 1.807) is 4.74 Å². The van der Waals surface area contributed by atoms with E-state index in [9.17, 15) is 58.4 Å². The molecule has 1 aromatic rings. The molecule has 0 aromatic heterocycles. The van der Waals surface area contributed by atoms with Gasteiger partial charge in [-0.1, -0.05) is 6.07 Å². The molecule has 27 heavy (non-hydrogen) atoms. The highest BCUT2D eigenvalue weighted by molar-refractivity contribution is 5.38. The lowest BCUT2D eigenvalue weighted by molar-refractivity contribution is -0.513. The van der Waals surface area contributed by atoms with Crippen molar-refractivity contribution in [3.8, 4) is 5.75 Å². The first-order chi connectivity index (χ1) is 11.8. The number of hydrogen-bond donors (Lipinski definition) is 0. The molecule has 0 amide bonds. The second kappa shape index (κ2) is 6.65. The highest BCUT2D eigenvalue weighted by Crippen LogP contribution is 2.51. The molecule has 0 fully saturated rings. The van der Waals surface area contributed by atoms with Crippen molar-refractivity contribution in [1.29, 1.82) is 0 Å². The molecule has 0 aliphatic heterocycles. The molecular formula is C11H4F11NO4.